The quantitative estimate of drug-likeness (QED) is 0.738. The second-order valence-corrected chi connectivity index (χ2v) is 6.16. The fraction of sp³-hybridized carbons (Fsp3) is 0.333. The zero-order valence-electron chi connectivity index (χ0n) is 12.6. The Morgan fingerprint density at radius 2 is 1.81 bits per heavy atom. The lowest BCUT2D eigenvalue weighted by molar-refractivity contribution is 0.198. The summed E-state index contributed by atoms with van der Waals surface area (Å²) in [5, 5.41) is 9.66. The summed E-state index contributed by atoms with van der Waals surface area (Å²) in [6, 6.07) is 13.8. The van der Waals surface area contributed by atoms with Gasteiger partial charge in [-0.2, -0.15) is 0 Å². The highest BCUT2D eigenvalue weighted by atomic mass is 79.9. The van der Waals surface area contributed by atoms with Crippen LogP contribution in [-0.4, -0.2) is 5.11 Å². The van der Waals surface area contributed by atoms with E-state index >= 15 is 0 Å². The van der Waals surface area contributed by atoms with Crippen LogP contribution < -0.4 is 4.74 Å². The van der Waals surface area contributed by atoms with Gasteiger partial charge in [-0.15, -0.1) is 0 Å². The topological polar surface area (TPSA) is 29.5 Å². The normalized spacial score (nSPS) is 13.8. The molecule has 0 aliphatic carbocycles. The van der Waals surface area contributed by atoms with E-state index in [1.807, 2.05) is 36.4 Å². The fourth-order valence-electron chi connectivity index (χ4n) is 2.24. The van der Waals surface area contributed by atoms with Crippen molar-refractivity contribution in [2.24, 2.45) is 0 Å². The first kappa shape index (κ1) is 16.1. The largest absolute Gasteiger partial charge is 0.457 e. The molecule has 0 aliphatic heterocycles. The minimum absolute atomic E-state index is 0.460. The molecule has 0 heterocycles. The SMILES string of the molecule is CCC(C)c1ccccc1Oc1ccc([C@H](C)O)c(Br)c1. The van der Waals surface area contributed by atoms with Crippen LogP contribution in [0.4, 0.5) is 0 Å². The fourth-order valence-corrected chi connectivity index (χ4v) is 2.93. The van der Waals surface area contributed by atoms with Crippen LogP contribution in [0.2, 0.25) is 0 Å². The minimum Gasteiger partial charge on any atom is -0.457 e. The van der Waals surface area contributed by atoms with E-state index in [0.717, 1.165) is 28.0 Å². The van der Waals surface area contributed by atoms with Crippen LogP contribution in [0.15, 0.2) is 46.9 Å². The summed E-state index contributed by atoms with van der Waals surface area (Å²) >= 11 is 3.48. The Bertz CT molecular complexity index is 608. The molecule has 2 aromatic carbocycles. The number of rotatable bonds is 5. The van der Waals surface area contributed by atoms with Crippen LogP contribution in [0, 0.1) is 0 Å². The minimum atomic E-state index is -0.499. The van der Waals surface area contributed by atoms with Gasteiger partial charge in [0.05, 0.1) is 6.10 Å². The molecule has 2 aromatic rings. The van der Waals surface area contributed by atoms with Gasteiger partial charge < -0.3 is 9.84 Å². The smallest absolute Gasteiger partial charge is 0.130 e. The van der Waals surface area contributed by atoms with Crippen molar-refractivity contribution in [2.45, 2.75) is 39.2 Å². The summed E-state index contributed by atoms with van der Waals surface area (Å²) in [5.74, 6) is 2.12. The molecule has 2 atom stereocenters. The van der Waals surface area contributed by atoms with Crippen molar-refractivity contribution >= 4 is 15.9 Å². The highest BCUT2D eigenvalue weighted by Crippen LogP contribution is 2.34. The zero-order valence-corrected chi connectivity index (χ0v) is 14.2. The summed E-state index contributed by atoms with van der Waals surface area (Å²) in [6.45, 7) is 6.13. The number of para-hydroxylation sites is 1. The number of benzene rings is 2. The van der Waals surface area contributed by atoms with Crippen LogP contribution in [0.1, 0.15) is 50.3 Å². The number of hydrogen-bond acceptors (Lipinski definition) is 2. The summed E-state index contributed by atoms with van der Waals surface area (Å²) < 4.78 is 6.89. The molecule has 0 saturated heterocycles. The molecule has 0 bridgehead atoms. The Morgan fingerprint density at radius 3 is 2.43 bits per heavy atom. The summed E-state index contributed by atoms with van der Waals surface area (Å²) in [7, 11) is 0. The predicted octanol–water partition coefficient (Wildman–Crippen LogP) is 5.81. The average Bonchev–Trinajstić information content (AvgIpc) is 2.46. The van der Waals surface area contributed by atoms with Gasteiger partial charge in [-0.3, -0.25) is 0 Å². The standard InChI is InChI=1S/C18H21BrO2/c1-4-12(2)15-7-5-6-8-18(15)21-14-9-10-16(13(3)20)17(19)11-14/h5-13,20H,4H2,1-3H3/t12?,13-/m0/s1. The van der Waals surface area contributed by atoms with Gasteiger partial charge in [0.2, 0.25) is 0 Å². The average molecular weight is 349 g/mol. The van der Waals surface area contributed by atoms with Gasteiger partial charge in [0.25, 0.3) is 0 Å². The molecule has 21 heavy (non-hydrogen) atoms. The van der Waals surface area contributed by atoms with Crippen LogP contribution in [0.25, 0.3) is 0 Å². The number of halogens is 1. The lowest BCUT2D eigenvalue weighted by Crippen LogP contribution is -1.97. The number of hydrogen-bond donors (Lipinski definition) is 1. The monoisotopic (exact) mass is 348 g/mol. The molecule has 3 heteroatoms. The van der Waals surface area contributed by atoms with Crippen molar-refractivity contribution in [3.05, 3.63) is 58.1 Å². The Balaban J connectivity index is 2.29. The van der Waals surface area contributed by atoms with Crippen LogP contribution >= 0.6 is 15.9 Å². The second-order valence-electron chi connectivity index (χ2n) is 5.31. The molecule has 2 nitrogen and oxygen atoms in total. The van der Waals surface area contributed by atoms with Gasteiger partial charge in [-0.05, 0) is 48.6 Å². The van der Waals surface area contributed by atoms with Gasteiger partial charge in [-0.25, -0.2) is 0 Å². The molecule has 0 amide bonds. The third-order valence-electron chi connectivity index (χ3n) is 3.71. The summed E-state index contributed by atoms with van der Waals surface area (Å²) in [5.41, 5.74) is 2.08. The van der Waals surface area contributed by atoms with Gasteiger partial charge in [0, 0.05) is 4.47 Å². The molecule has 2 rings (SSSR count). The second kappa shape index (κ2) is 7.10. The maximum Gasteiger partial charge on any atom is 0.130 e. The van der Waals surface area contributed by atoms with E-state index < -0.39 is 6.10 Å². The van der Waals surface area contributed by atoms with Crippen LogP contribution in [0.5, 0.6) is 11.5 Å². The lowest BCUT2D eigenvalue weighted by Gasteiger charge is -2.16. The highest BCUT2D eigenvalue weighted by Gasteiger charge is 2.12. The van der Waals surface area contributed by atoms with Gasteiger partial charge in [0.1, 0.15) is 11.5 Å². The molecular weight excluding hydrogens is 328 g/mol. The molecular formula is C18H21BrO2. The van der Waals surface area contributed by atoms with Crippen LogP contribution in [-0.2, 0) is 0 Å². The molecule has 0 spiro atoms. The first-order valence-corrected chi connectivity index (χ1v) is 8.06. The third-order valence-corrected chi connectivity index (χ3v) is 4.40. The van der Waals surface area contributed by atoms with Gasteiger partial charge >= 0.3 is 0 Å². The summed E-state index contributed by atoms with van der Waals surface area (Å²) in [4.78, 5) is 0. The Hall–Kier alpha value is -1.32. The van der Waals surface area contributed by atoms with Gasteiger partial charge in [0.15, 0.2) is 0 Å². The molecule has 0 aromatic heterocycles. The molecule has 0 saturated carbocycles. The summed E-state index contributed by atoms with van der Waals surface area (Å²) in [6.07, 6.45) is 0.575. The van der Waals surface area contributed by atoms with E-state index in [9.17, 15) is 5.11 Å². The maximum atomic E-state index is 9.66. The van der Waals surface area contributed by atoms with E-state index in [4.69, 9.17) is 4.74 Å². The number of aliphatic hydroxyl groups excluding tert-OH is 1. The van der Waals surface area contributed by atoms with Crippen molar-refractivity contribution in [3.63, 3.8) is 0 Å². The van der Waals surface area contributed by atoms with E-state index in [0.29, 0.717) is 5.92 Å². The van der Waals surface area contributed by atoms with Crippen molar-refractivity contribution in [1.29, 1.82) is 0 Å². The van der Waals surface area contributed by atoms with E-state index in [1.165, 1.54) is 5.56 Å². The van der Waals surface area contributed by atoms with Crippen LogP contribution in [0.3, 0.4) is 0 Å². The van der Waals surface area contributed by atoms with Crippen molar-refractivity contribution in [2.75, 3.05) is 0 Å². The van der Waals surface area contributed by atoms with Gasteiger partial charge in [-0.1, -0.05) is 54.0 Å². The highest BCUT2D eigenvalue weighted by molar-refractivity contribution is 9.10. The maximum absolute atomic E-state index is 9.66. The molecule has 1 unspecified atom stereocenters. The Labute approximate surface area is 134 Å². The van der Waals surface area contributed by atoms with E-state index in [1.54, 1.807) is 6.92 Å². The van der Waals surface area contributed by atoms with Crippen molar-refractivity contribution in [1.82, 2.24) is 0 Å². The first-order valence-electron chi connectivity index (χ1n) is 7.27. The van der Waals surface area contributed by atoms with E-state index in [2.05, 4.69) is 35.8 Å². The Morgan fingerprint density at radius 1 is 1.10 bits per heavy atom. The molecule has 0 radical (unpaired) electrons. The predicted molar refractivity (Wildman–Crippen MR) is 90.0 cm³/mol. The number of ether oxygens (including phenoxy) is 1. The molecule has 0 fully saturated rings. The molecule has 112 valence electrons. The van der Waals surface area contributed by atoms with E-state index in [-0.39, 0.29) is 0 Å². The molecule has 1 N–H and O–H groups in total. The van der Waals surface area contributed by atoms with Crippen molar-refractivity contribution < 1.29 is 9.84 Å². The third kappa shape index (κ3) is 3.86. The number of aliphatic hydroxyl groups is 1. The van der Waals surface area contributed by atoms with Crippen molar-refractivity contribution in [3.8, 4) is 11.5 Å². The lowest BCUT2D eigenvalue weighted by atomic mass is 9.98. The Kier molecular flexibility index (Phi) is 5.43. The first-order chi connectivity index (χ1) is 10.0. The molecule has 0 aliphatic rings. The zero-order chi connectivity index (χ0) is 15.4.